The van der Waals surface area contributed by atoms with Crippen LogP contribution in [0.25, 0.3) is 0 Å². The Morgan fingerprint density at radius 1 is 1.12 bits per heavy atom. The molecule has 26 heavy (non-hydrogen) atoms. The largest absolute Gasteiger partial charge is 0.586 e. The van der Waals surface area contributed by atoms with Gasteiger partial charge in [0.1, 0.15) is 5.66 Å². The summed E-state index contributed by atoms with van der Waals surface area (Å²) < 4.78 is 37.0. The van der Waals surface area contributed by atoms with Crippen molar-refractivity contribution < 1.29 is 18.3 Å². The molecule has 1 aromatic carbocycles. The average molecular weight is 495 g/mol. The number of guanidine groups is 2. The second-order valence-corrected chi connectivity index (χ2v) is 7.98. The number of anilines is 1. The topological polar surface area (TPSA) is 98.5 Å². The highest BCUT2D eigenvalue weighted by molar-refractivity contribution is 9.11. The van der Waals surface area contributed by atoms with Gasteiger partial charge in [-0.25, -0.2) is 4.99 Å². The lowest BCUT2D eigenvalue weighted by molar-refractivity contribution is -0.286. The van der Waals surface area contributed by atoms with Crippen LogP contribution in [0.5, 0.6) is 11.5 Å². The first-order valence-electron chi connectivity index (χ1n) is 8.00. The number of nitrogens with two attached hydrogens (primary N) is 2. The fourth-order valence-electron chi connectivity index (χ4n) is 3.66. The SMILES string of the molecule is NC1=NC2(CCCCC2)N(c2c(Br)cc3c(c2Br)OC(F)(F)O3)C(N)=N1. The van der Waals surface area contributed by atoms with Gasteiger partial charge in [0, 0.05) is 10.5 Å². The molecule has 1 fully saturated rings. The highest BCUT2D eigenvalue weighted by atomic mass is 79.9. The molecule has 0 unspecified atom stereocenters. The van der Waals surface area contributed by atoms with E-state index in [1.54, 1.807) is 4.90 Å². The summed E-state index contributed by atoms with van der Waals surface area (Å²) in [6, 6.07) is 1.42. The predicted octanol–water partition coefficient (Wildman–Crippen LogP) is 3.64. The van der Waals surface area contributed by atoms with Gasteiger partial charge in [-0.1, -0.05) is 6.42 Å². The quantitative estimate of drug-likeness (QED) is 0.621. The summed E-state index contributed by atoms with van der Waals surface area (Å²) in [4.78, 5) is 10.4. The maximum absolute atomic E-state index is 13.5. The standard InChI is InChI=1S/C15H15Br2F2N5O2/c16-7-6-8-11(26-15(18,19)25-8)9(17)10(7)24-13(21)22-12(20)23-14(24)4-2-1-3-5-14/h6H,1-5H2,(H4,20,21,22,23). The van der Waals surface area contributed by atoms with Crippen molar-refractivity contribution in [2.45, 2.75) is 44.1 Å². The molecule has 0 aromatic heterocycles. The van der Waals surface area contributed by atoms with Gasteiger partial charge in [-0.15, -0.1) is 8.78 Å². The van der Waals surface area contributed by atoms with Gasteiger partial charge in [0.15, 0.2) is 11.5 Å². The highest BCUT2D eigenvalue weighted by Gasteiger charge is 2.48. The molecule has 1 spiro atoms. The summed E-state index contributed by atoms with van der Waals surface area (Å²) in [7, 11) is 0. The van der Waals surface area contributed by atoms with Crippen molar-refractivity contribution in [2.75, 3.05) is 4.90 Å². The first-order chi connectivity index (χ1) is 12.2. The average Bonchev–Trinajstić information content (AvgIpc) is 2.85. The molecule has 1 aromatic rings. The Hall–Kier alpha value is -1.62. The number of benzene rings is 1. The molecule has 4 N–H and O–H groups in total. The Morgan fingerprint density at radius 2 is 1.81 bits per heavy atom. The van der Waals surface area contributed by atoms with E-state index in [2.05, 4.69) is 51.3 Å². The molecule has 3 aliphatic rings. The maximum atomic E-state index is 13.5. The van der Waals surface area contributed by atoms with Crippen LogP contribution in [0.4, 0.5) is 14.5 Å². The van der Waals surface area contributed by atoms with Crippen LogP contribution < -0.4 is 25.8 Å². The Bertz CT molecular complexity index is 840. The lowest BCUT2D eigenvalue weighted by Crippen LogP contribution is -2.58. The molecule has 1 saturated carbocycles. The smallest absolute Gasteiger partial charge is 0.395 e. The van der Waals surface area contributed by atoms with Gasteiger partial charge in [-0.05, 0) is 57.5 Å². The van der Waals surface area contributed by atoms with Gasteiger partial charge < -0.3 is 20.9 Å². The van der Waals surface area contributed by atoms with Gasteiger partial charge in [-0.3, -0.25) is 4.90 Å². The van der Waals surface area contributed by atoms with Gasteiger partial charge in [0.25, 0.3) is 0 Å². The predicted molar refractivity (Wildman–Crippen MR) is 99.6 cm³/mol. The van der Waals surface area contributed by atoms with E-state index < -0.39 is 12.0 Å². The number of nitrogens with zero attached hydrogens (tertiary/aromatic N) is 3. The highest BCUT2D eigenvalue weighted by Crippen LogP contribution is 2.54. The van der Waals surface area contributed by atoms with E-state index in [1.165, 1.54) is 6.07 Å². The van der Waals surface area contributed by atoms with E-state index in [9.17, 15) is 8.78 Å². The third-order valence-corrected chi connectivity index (χ3v) is 5.98. The number of hydrogen-bond donors (Lipinski definition) is 2. The van der Waals surface area contributed by atoms with Crippen LogP contribution in [0, 0.1) is 0 Å². The van der Waals surface area contributed by atoms with Crippen molar-refractivity contribution in [1.29, 1.82) is 0 Å². The second-order valence-electron chi connectivity index (χ2n) is 6.33. The maximum Gasteiger partial charge on any atom is 0.586 e. The van der Waals surface area contributed by atoms with Crippen molar-refractivity contribution in [3.05, 3.63) is 15.0 Å². The third-order valence-electron chi connectivity index (χ3n) is 4.64. The minimum absolute atomic E-state index is 0.0780. The Balaban J connectivity index is 1.88. The molecule has 140 valence electrons. The minimum Gasteiger partial charge on any atom is -0.395 e. The van der Waals surface area contributed by atoms with Crippen molar-refractivity contribution in [1.82, 2.24) is 0 Å². The van der Waals surface area contributed by atoms with Gasteiger partial charge >= 0.3 is 6.29 Å². The number of hydrogen-bond acceptors (Lipinski definition) is 7. The normalized spacial score (nSPS) is 23.0. The van der Waals surface area contributed by atoms with Crippen LogP contribution in [0.1, 0.15) is 32.1 Å². The molecule has 11 heteroatoms. The van der Waals surface area contributed by atoms with E-state index in [0.29, 0.717) is 23.0 Å². The summed E-state index contributed by atoms with van der Waals surface area (Å²) in [5.74, 6) is 0.0758. The number of rotatable bonds is 1. The zero-order chi connectivity index (χ0) is 18.7. The van der Waals surface area contributed by atoms with Crippen LogP contribution in [-0.2, 0) is 0 Å². The zero-order valence-electron chi connectivity index (χ0n) is 13.4. The fourth-order valence-corrected chi connectivity index (χ4v) is 5.17. The van der Waals surface area contributed by atoms with Gasteiger partial charge in [-0.2, -0.15) is 4.99 Å². The van der Waals surface area contributed by atoms with Crippen molar-refractivity contribution >= 4 is 49.5 Å². The van der Waals surface area contributed by atoms with Gasteiger partial charge in [0.2, 0.25) is 11.9 Å². The van der Waals surface area contributed by atoms with Gasteiger partial charge in [0.05, 0.1) is 10.2 Å². The van der Waals surface area contributed by atoms with Crippen LogP contribution >= 0.6 is 31.9 Å². The zero-order valence-corrected chi connectivity index (χ0v) is 16.6. The number of fused-ring (bicyclic) bond motifs is 1. The number of aliphatic imine (C=N–C) groups is 2. The number of ether oxygens (including phenoxy) is 2. The Morgan fingerprint density at radius 3 is 2.50 bits per heavy atom. The number of alkyl halides is 2. The molecule has 0 saturated heterocycles. The molecule has 7 nitrogen and oxygen atoms in total. The van der Waals surface area contributed by atoms with Crippen molar-refractivity contribution in [3.8, 4) is 11.5 Å². The fraction of sp³-hybridized carbons (Fsp3) is 0.467. The van der Waals surface area contributed by atoms with Crippen LogP contribution in [-0.4, -0.2) is 23.9 Å². The van der Waals surface area contributed by atoms with Crippen molar-refractivity contribution in [2.24, 2.45) is 21.5 Å². The number of halogens is 4. The van der Waals surface area contributed by atoms with E-state index in [4.69, 9.17) is 11.5 Å². The first-order valence-corrected chi connectivity index (χ1v) is 9.59. The molecule has 0 radical (unpaired) electrons. The molecule has 0 bridgehead atoms. The third kappa shape index (κ3) is 2.72. The molecule has 2 aliphatic heterocycles. The summed E-state index contributed by atoms with van der Waals surface area (Å²) in [6.07, 6.45) is 0.672. The molecular formula is C15H15Br2F2N5O2. The minimum atomic E-state index is -3.73. The lowest BCUT2D eigenvalue weighted by atomic mass is 9.87. The molecule has 0 amide bonds. The van der Waals surface area contributed by atoms with Crippen LogP contribution in [0.3, 0.4) is 0 Å². The molecular weight excluding hydrogens is 480 g/mol. The Labute approximate surface area is 164 Å². The molecule has 4 rings (SSSR count). The van der Waals surface area contributed by atoms with E-state index in [-0.39, 0.29) is 27.9 Å². The first kappa shape index (κ1) is 17.8. The Kier molecular flexibility index (Phi) is 4.07. The summed E-state index contributed by atoms with van der Waals surface area (Å²) in [5.41, 5.74) is 11.8. The van der Waals surface area contributed by atoms with Crippen LogP contribution in [0.2, 0.25) is 0 Å². The second kappa shape index (κ2) is 5.95. The molecule has 0 atom stereocenters. The summed E-state index contributed by atoms with van der Waals surface area (Å²) >= 11 is 6.79. The monoisotopic (exact) mass is 493 g/mol. The molecule has 1 aliphatic carbocycles. The lowest BCUT2D eigenvalue weighted by Gasteiger charge is -2.46. The summed E-state index contributed by atoms with van der Waals surface area (Å²) in [5, 5.41) is 0. The molecule has 2 heterocycles. The van der Waals surface area contributed by atoms with E-state index in [1.807, 2.05) is 0 Å². The van der Waals surface area contributed by atoms with E-state index >= 15 is 0 Å². The van der Waals surface area contributed by atoms with E-state index in [0.717, 1.165) is 19.3 Å². The van der Waals surface area contributed by atoms with Crippen molar-refractivity contribution in [3.63, 3.8) is 0 Å². The van der Waals surface area contributed by atoms with Crippen LogP contribution in [0.15, 0.2) is 25.0 Å². The summed E-state index contributed by atoms with van der Waals surface area (Å²) in [6.45, 7) is 0.